The minimum atomic E-state index is -0.422. The summed E-state index contributed by atoms with van der Waals surface area (Å²) in [6.45, 7) is 0. The summed E-state index contributed by atoms with van der Waals surface area (Å²) in [4.78, 5) is 21.5. The van der Waals surface area contributed by atoms with Crippen LogP contribution in [0.2, 0.25) is 0 Å². The SMILES string of the molecule is NC(=O)[C@@H]1c2ccccc2-c2c(-c3cnc4ccccc4n3)cccc21. The van der Waals surface area contributed by atoms with Crippen molar-refractivity contribution >= 4 is 16.9 Å². The minimum Gasteiger partial charge on any atom is -0.369 e. The topological polar surface area (TPSA) is 68.9 Å². The highest BCUT2D eigenvalue weighted by atomic mass is 16.1. The summed E-state index contributed by atoms with van der Waals surface area (Å²) in [6.07, 6.45) is 1.79. The predicted octanol–water partition coefficient (Wildman–Crippen LogP) is 3.89. The molecule has 4 heteroatoms. The van der Waals surface area contributed by atoms with E-state index in [1.54, 1.807) is 6.20 Å². The maximum atomic E-state index is 12.1. The Balaban J connectivity index is 1.80. The van der Waals surface area contributed by atoms with Gasteiger partial charge in [-0.05, 0) is 34.4 Å². The van der Waals surface area contributed by atoms with Gasteiger partial charge < -0.3 is 5.73 Å². The summed E-state index contributed by atoms with van der Waals surface area (Å²) in [5.74, 6) is -0.757. The lowest BCUT2D eigenvalue weighted by Gasteiger charge is -2.11. The van der Waals surface area contributed by atoms with Crippen molar-refractivity contribution < 1.29 is 4.79 Å². The molecule has 0 unspecified atom stereocenters. The van der Waals surface area contributed by atoms with E-state index in [1.165, 1.54) is 0 Å². The zero-order valence-corrected chi connectivity index (χ0v) is 13.9. The first-order valence-electron chi connectivity index (χ1n) is 8.48. The van der Waals surface area contributed by atoms with Crippen molar-refractivity contribution in [3.8, 4) is 22.4 Å². The molecular weight excluding hydrogens is 322 g/mol. The summed E-state index contributed by atoms with van der Waals surface area (Å²) >= 11 is 0. The lowest BCUT2D eigenvalue weighted by atomic mass is 9.94. The van der Waals surface area contributed by atoms with Crippen molar-refractivity contribution in [2.24, 2.45) is 5.73 Å². The van der Waals surface area contributed by atoms with Gasteiger partial charge in [0.1, 0.15) is 0 Å². The van der Waals surface area contributed by atoms with Crippen molar-refractivity contribution in [2.45, 2.75) is 5.92 Å². The molecule has 0 fully saturated rings. The van der Waals surface area contributed by atoms with Crippen LogP contribution in [-0.2, 0) is 4.79 Å². The second kappa shape index (κ2) is 5.49. The maximum Gasteiger partial charge on any atom is 0.229 e. The van der Waals surface area contributed by atoms with E-state index in [0.29, 0.717) is 0 Å². The molecule has 1 aliphatic carbocycles. The number of aromatic nitrogens is 2. The molecule has 0 saturated carbocycles. The fraction of sp³-hybridized carbons (Fsp3) is 0.0455. The van der Waals surface area contributed by atoms with Crippen LogP contribution in [0.1, 0.15) is 17.0 Å². The van der Waals surface area contributed by atoms with Gasteiger partial charge in [0.25, 0.3) is 0 Å². The molecule has 0 bridgehead atoms. The van der Waals surface area contributed by atoms with E-state index >= 15 is 0 Å². The fourth-order valence-corrected chi connectivity index (χ4v) is 3.86. The summed E-state index contributed by atoms with van der Waals surface area (Å²) in [7, 11) is 0. The lowest BCUT2D eigenvalue weighted by Crippen LogP contribution is -2.20. The van der Waals surface area contributed by atoms with Crippen LogP contribution in [0.25, 0.3) is 33.4 Å². The zero-order valence-electron chi connectivity index (χ0n) is 13.9. The van der Waals surface area contributed by atoms with E-state index < -0.39 is 5.92 Å². The molecule has 4 nitrogen and oxygen atoms in total. The van der Waals surface area contributed by atoms with E-state index in [-0.39, 0.29) is 5.91 Å². The van der Waals surface area contributed by atoms with Crippen LogP contribution in [-0.4, -0.2) is 15.9 Å². The Morgan fingerprint density at radius 3 is 2.35 bits per heavy atom. The van der Waals surface area contributed by atoms with Crippen LogP contribution in [0, 0.1) is 0 Å². The van der Waals surface area contributed by atoms with Gasteiger partial charge in [0.2, 0.25) is 5.91 Å². The summed E-state index contributed by atoms with van der Waals surface area (Å²) < 4.78 is 0. The first-order chi connectivity index (χ1) is 12.7. The number of hydrogen-bond acceptors (Lipinski definition) is 3. The average molecular weight is 337 g/mol. The fourth-order valence-electron chi connectivity index (χ4n) is 3.86. The van der Waals surface area contributed by atoms with E-state index in [4.69, 9.17) is 10.7 Å². The normalized spacial score (nSPS) is 14.8. The number of nitrogens with zero attached hydrogens (tertiary/aromatic N) is 2. The molecule has 1 heterocycles. The number of para-hydroxylation sites is 2. The number of fused-ring (bicyclic) bond motifs is 4. The van der Waals surface area contributed by atoms with Crippen LogP contribution in [0.15, 0.2) is 72.9 Å². The largest absolute Gasteiger partial charge is 0.369 e. The summed E-state index contributed by atoms with van der Waals surface area (Å²) in [6, 6.07) is 21.7. The number of rotatable bonds is 2. The van der Waals surface area contributed by atoms with E-state index in [0.717, 1.165) is 44.5 Å². The van der Waals surface area contributed by atoms with Gasteiger partial charge in [-0.15, -0.1) is 0 Å². The van der Waals surface area contributed by atoms with Gasteiger partial charge in [-0.25, -0.2) is 4.98 Å². The quantitative estimate of drug-likeness (QED) is 0.603. The van der Waals surface area contributed by atoms with Gasteiger partial charge >= 0.3 is 0 Å². The molecule has 0 spiro atoms. The first-order valence-corrected chi connectivity index (χ1v) is 8.48. The second-order valence-corrected chi connectivity index (χ2v) is 6.44. The third kappa shape index (κ3) is 2.05. The first kappa shape index (κ1) is 14.8. The highest BCUT2D eigenvalue weighted by Gasteiger charge is 2.34. The Labute approximate surface area is 150 Å². The molecule has 0 aliphatic heterocycles. The molecule has 1 atom stereocenters. The Hall–Kier alpha value is -3.53. The molecule has 124 valence electrons. The van der Waals surface area contributed by atoms with Gasteiger partial charge in [-0.3, -0.25) is 9.78 Å². The summed E-state index contributed by atoms with van der Waals surface area (Å²) in [5, 5.41) is 0. The van der Waals surface area contributed by atoms with Crippen LogP contribution < -0.4 is 5.73 Å². The van der Waals surface area contributed by atoms with Gasteiger partial charge in [-0.2, -0.15) is 0 Å². The standard InChI is InChI=1S/C22H15N3O/c23-22(26)21-14-7-2-1-6-13(14)20-15(8-5-9-16(20)21)19-12-24-17-10-3-4-11-18(17)25-19/h1-12,21H,(H2,23,26)/t21-/m1/s1. The number of carbonyl (C=O) groups excluding carboxylic acids is 1. The molecule has 1 aliphatic rings. The lowest BCUT2D eigenvalue weighted by molar-refractivity contribution is -0.118. The number of amides is 1. The second-order valence-electron chi connectivity index (χ2n) is 6.44. The Morgan fingerprint density at radius 1 is 0.808 bits per heavy atom. The molecule has 3 aromatic carbocycles. The van der Waals surface area contributed by atoms with Crippen molar-refractivity contribution in [3.63, 3.8) is 0 Å². The number of primary amides is 1. The van der Waals surface area contributed by atoms with Crippen molar-refractivity contribution in [2.75, 3.05) is 0 Å². The molecule has 1 aromatic heterocycles. The number of carbonyl (C=O) groups is 1. The molecule has 4 aromatic rings. The van der Waals surface area contributed by atoms with Crippen molar-refractivity contribution in [1.29, 1.82) is 0 Å². The highest BCUT2D eigenvalue weighted by molar-refractivity contribution is 6.00. The smallest absolute Gasteiger partial charge is 0.229 e. The molecule has 0 radical (unpaired) electrons. The van der Waals surface area contributed by atoms with Crippen LogP contribution in [0.3, 0.4) is 0 Å². The average Bonchev–Trinajstić information content (AvgIpc) is 3.02. The monoisotopic (exact) mass is 337 g/mol. The number of benzene rings is 3. The predicted molar refractivity (Wildman–Crippen MR) is 101 cm³/mol. The third-order valence-electron chi connectivity index (χ3n) is 4.96. The Morgan fingerprint density at radius 2 is 1.50 bits per heavy atom. The molecule has 26 heavy (non-hydrogen) atoms. The zero-order chi connectivity index (χ0) is 17.7. The number of hydrogen-bond donors (Lipinski definition) is 1. The van der Waals surface area contributed by atoms with Crippen LogP contribution >= 0.6 is 0 Å². The molecule has 2 N–H and O–H groups in total. The van der Waals surface area contributed by atoms with E-state index in [1.807, 2.05) is 66.7 Å². The van der Waals surface area contributed by atoms with Gasteiger partial charge in [0.05, 0.1) is 28.8 Å². The summed E-state index contributed by atoms with van der Waals surface area (Å²) in [5.41, 5.74) is 13.1. The molecule has 5 rings (SSSR count). The minimum absolute atomic E-state index is 0.335. The number of nitrogens with two attached hydrogens (primary N) is 1. The van der Waals surface area contributed by atoms with Crippen LogP contribution in [0.5, 0.6) is 0 Å². The van der Waals surface area contributed by atoms with E-state index in [2.05, 4.69) is 4.98 Å². The Kier molecular flexibility index (Phi) is 3.12. The third-order valence-corrected chi connectivity index (χ3v) is 4.96. The highest BCUT2D eigenvalue weighted by Crippen LogP contribution is 2.48. The van der Waals surface area contributed by atoms with Gasteiger partial charge in [0, 0.05) is 5.56 Å². The molecule has 0 saturated heterocycles. The van der Waals surface area contributed by atoms with E-state index in [9.17, 15) is 4.79 Å². The molecule has 1 amide bonds. The molecular formula is C22H15N3O. The van der Waals surface area contributed by atoms with Crippen molar-refractivity contribution in [1.82, 2.24) is 9.97 Å². The van der Waals surface area contributed by atoms with Crippen LogP contribution in [0.4, 0.5) is 0 Å². The van der Waals surface area contributed by atoms with Crippen molar-refractivity contribution in [3.05, 3.63) is 84.1 Å². The van der Waals surface area contributed by atoms with Gasteiger partial charge in [-0.1, -0.05) is 54.6 Å². The Bertz CT molecular complexity index is 1180. The maximum absolute atomic E-state index is 12.1. The van der Waals surface area contributed by atoms with Gasteiger partial charge in [0.15, 0.2) is 0 Å².